The molecule has 3 aromatic rings. The summed E-state index contributed by atoms with van der Waals surface area (Å²) in [5, 5.41) is 3.64. The molecule has 138 valence electrons. The highest BCUT2D eigenvalue weighted by Gasteiger charge is 2.14. The summed E-state index contributed by atoms with van der Waals surface area (Å²) >= 11 is 0. The van der Waals surface area contributed by atoms with E-state index in [0.29, 0.717) is 11.3 Å². The van der Waals surface area contributed by atoms with E-state index in [9.17, 15) is 4.79 Å². The number of rotatable bonds is 7. The zero-order valence-electron chi connectivity index (χ0n) is 14.9. The first kappa shape index (κ1) is 18.3. The van der Waals surface area contributed by atoms with Gasteiger partial charge < -0.3 is 19.7 Å². The van der Waals surface area contributed by atoms with Crippen molar-refractivity contribution in [3.05, 3.63) is 89.4 Å². The first-order chi connectivity index (χ1) is 13.2. The summed E-state index contributed by atoms with van der Waals surface area (Å²) in [6.07, 6.45) is 0.973. The third-order valence-corrected chi connectivity index (χ3v) is 3.87. The first-order valence-corrected chi connectivity index (χ1v) is 8.56. The molecule has 27 heavy (non-hydrogen) atoms. The van der Waals surface area contributed by atoms with Gasteiger partial charge in [-0.2, -0.15) is 0 Å². The van der Waals surface area contributed by atoms with Crippen LogP contribution in [-0.4, -0.2) is 11.8 Å². The van der Waals surface area contributed by atoms with Crippen LogP contribution in [0.25, 0.3) is 0 Å². The highest BCUT2D eigenvalue weighted by atomic mass is 16.7. The van der Waals surface area contributed by atoms with Crippen LogP contribution in [0.4, 0.5) is 0 Å². The Morgan fingerprint density at radius 2 is 1.78 bits per heavy atom. The molecular formula is C21H20N2O4. The minimum absolute atomic E-state index is 0.0274. The molecule has 2 aromatic carbocycles. The van der Waals surface area contributed by atoms with E-state index >= 15 is 0 Å². The number of hydrogen-bond donors (Lipinski definition) is 1. The van der Waals surface area contributed by atoms with Crippen LogP contribution in [-0.2, 0) is 17.9 Å². The normalized spacial score (nSPS) is 11.2. The summed E-state index contributed by atoms with van der Waals surface area (Å²) in [7, 11) is 0. The summed E-state index contributed by atoms with van der Waals surface area (Å²) in [6, 6.07) is 20.0. The van der Waals surface area contributed by atoms with Crippen molar-refractivity contribution in [1.82, 2.24) is 0 Å². The van der Waals surface area contributed by atoms with Gasteiger partial charge in [0.05, 0.1) is 0 Å². The maximum atomic E-state index is 12.0. The number of benzene rings is 2. The second-order valence-corrected chi connectivity index (χ2v) is 5.77. The number of carbonyl (C=O) groups is 1. The number of oxime groups is 1. The van der Waals surface area contributed by atoms with Gasteiger partial charge in [-0.15, -0.1) is 0 Å². The number of ether oxygens (including phenoxy) is 1. The summed E-state index contributed by atoms with van der Waals surface area (Å²) in [4.78, 5) is 16.9. The molecule has 6 nitrogen and oxygen atoms in total. The third kappa shape index (κ3) is 4.98. The van der Waals surface area contributed by atoms with Crippen LogP contribution in [0.1, 0.15) is 34.4 Å². The fourth-order valence-corrected chi connectivity index (χ4v) is 2.34. The van der Waals surface area contributed by atoms with Crippen molar-refractivity contribution >= 4 is 11.8 Å². The van der Waals surface area contributed by atoms with E-state index in [1.54, 1.807) is 18.2 Å². The summed E-state index contributed by atoms with van der Waals surface area (Å²) < 4.78 is 11.1. The average Bonchev–Trinajstić information content (AvgIpc) is 3.20. The van der Waals surface area contributed by atoms with E-state index in [0.717, 1.165) is 12.2 Å². The molecule has 0 unspecified atom stereocenters. The molecule has 0 aliphatic rings. The number of aryl methyl sites for hydroxylation is 1. The van der Waals surface area contributed by atoms with Gasteiger partial charge >= 0.3 is 5.97 Å². The zero-order chi connectivity index (χ0) is 19.1. The molecule has 0 radical (unpaired) electrons. The predicted octanol–water partition coefficient (Wildman–Crippen LogP) is 3.90. The van der Waals surface area contributed by atoms with Gasteiger partial charge in [0.2, 0.25) is 5.76 Å². The van der Waals surface area contributed by atoms with Gasteiger partial charge in [0, 0.05) is 5.56 Å². The van der Waals surface area contributed by atoms with E-state index in [2.05, 4.69) is 12.1 Å². The Morgan fingerprint density at radius 3 is 2.48 bits per heavy atom. The van der Waals surface area contributed by atoms with Crippen molar-refractivity contribution in [2.45, 2.75) is 20.0 Å². The highest BCUT2D eigenvalue weighted by molar-refractivity contribution is 5.97. The average molecular weight is 364 g/mol. The van der Waals surface area contributed by atoms with Gasteiger partial charge in [-0.05, 0) is 36.2 Å². The summed E-state index contributed by atoms with van der Waals surface area (Å²) in [5.41, 5.74) is 7.68. The van der Waals surface area contributed by atoms with Gasteiger partial charge in [-0.3, -0.25) is 0 Å². The predicted molar refractivity (Wildman–Crippen MR) is 101 cm³/mol. The minimum atomic E-state index is -0.729. The fourth-order valence-electron chi connectivity index (χ4n) is 2.34. The fraction of sp³-hybridized carbons (Fsp3) is 0.143. The number of hydrogen-bond acceptors (Lipinski definition) is 5. The maximum Gasteiger partial charge on any atom is 0.400 e. The van der Waals surface area contributed by atoms with Gasteiger partial charge in [0.15, 0.2) is 5.84 Å². The van der Waals surface area contributed by atoms with E-state index < -0.39 is 5.97 Å². The molecule has 0 fully saturated rings. The van der Waals surface area contributed by atoms with E-state index in [-0.39, 0.29) is 18.2 Å². The molecule has 0 spiro atoms. The molecule has 0 bridgehead atoms. The molecule has 1 heterocycles. The third-order valence-electron chi connectivity index (χ3n) is 3.87. The molecule has 0 aliphatic carbocycles. The smallest absolute Gasteiger partial charge is 0.400 e. The number of nitrogens with two attached hydrogens (primary N) is 1. The molecule has 6 heteroatoms. The van der Waals surface area contributed by atoms with Crippen LogP contribution < -0.4 is 10.5 Å². The maximum absolute atomic E-state index is 12.0. The molecule has 0 saturated heterocycles. The lowest BCUT2D eigenvalue weighted by Crippen LogP contribution is -2.14. The van der Waals surface area contributed by atoms with Crippen LogP contribution >= 0.6 is 0 Å². The van der Waals surface area contributed by atoms with E-state index in [1.807, 2.05) is 42.5 Å². The minimum Gasteiger partial charge on any atom is -0.486 e. The molecule has 0 aliphatic heterocycles. The van der Waals surface area contributed by atoms with Crippen molar-refractivity contribution in [2.24, 2.45) is 10.9 Å². The number of nitrogens with zero attached hydrogens (tertiary/aromatic N) is 1. The van der Waals surface area contributed by atoms with Crippen molar-refractivity contribution < 1.29 is 18.8 Å². The van der Waals surface area contributed by atoms with E-state index in [4.69, 9.17) is 19.7 Å². The topological polar surface area (TPSA) is 87.0 Å². The lowest BCUT2D eigenvalue weighted by atomic mass is 10.2. The standard InChI is InChI=1S/C21H20N2O4/c1-2-15-8-10-17(11-9-15)25-14-18-12-13-19(26-18)21(24)27-23-20(22)16-6-4-3-5-7-16/h3-13H,2,14H2,1H3,(H2,22,23). The van der Waals surface area contributed by atoms with Gasteiger partial charge in [0.25, 0.3) is 0 Å². The Bertz CT molecular complexity index is 915. The van der Waals surface area contributed by atoms with Gasteiger partial charge in [-0.25, -0.2) is 4.79 Å². The summed E-state index contributed by atoms with van der Waals surface area (Å²) in [5.74, 6) is 0.635. The number of carbonyl (C=O) groups excluding carboxylic acids is 1. The second-order valence-electron chi connectivity index (χ2n) is 5.77. The number of furan rings is 1. The monoisotopic (exact) mass is 364 g/mol. The molecule has 1 aromatic heterocycles. The largest absolute Gasteiger partial charge is 0.486 e. The van der Waals surface area contributed by atoms with Crippen LogP contribution in [0.15, 0.2) is 76.3 Å². The van der Waals surface area contributed by atoms with Crippen LogP contribution in [0.5, 0.6) is 5.75 Å². The Kier molecular flexibility index (Phi) is 5.89. The molecular weight excluding hydrogens is 344 g/mol. The van der Waals surface area contributed by atoms with Crippen LogP contribution in [0.3, 0.4) is 0 Å². The lowest BCUT2D eigenvalue weighted by molar-refractivity contribution is 0.0475. The SMILES string of the molecule is CCc1ccc(OCc2ccc(C(=O)O/N=C(\N)c3ccccc3)o2)cc1. The summed E-state index contributed by atoms with van der Waals surface area (Å²) in [6.45, 7) is 2.30. The Morgan fingerprint density at radius 1 is 1.04 bits per heavy atom. The van der Waals surface area contributed by atoms with Crippen LogP contribution in [0.2, 0.25) is 0 Å². The Hall–Kier alpha value is -3.54. The second kappa shape index (κ2) is 8.71. The van der Waals surface area contributed by atoms with Crippen LogP contribution in [0, 0.1) is 0 Å². The van der Waals surface area contributed by atoms with Gasteiger partial charge in [0.1, 0.15) is 18.1 Å². The first-order valence-electron chi connectivity index (χ1n) is 8.56. The molecule has 0 saturated carbocycles. The highest BCUT2D eigenvalue weighted by Crippen LogP contribution is 2.16. The van der Waals surface area contributed by atoms with E-state index in [1.165, 1.54) is 11.6 Å². The number of amidine groups is 1. The molecule has 2 N–H and O–H groups in total. The van der Waals surface area contributed by atoms with Crippen molar-refractivity contribution in [3.63, 3.8) is 0 Å². The Balaban J connectivity index is 1.55. The van der Waals surface area contributed by atoms with Crippen molar-refractivity contribution in [2.75, 3.05) is 0 Å². The lowest BCUT2D eigenvalue weighted by Gasteiger charge is -2.04. The Labute approximate surface area is 157 Å². The quantitative estimate of drug-likeness (QED) is 0.297. The molecule has 3 rings (SSSR count). The van der Waals surface area contributed by atoms with Crippen molar-refractivity contribution in [3.8, 4) is 5.75 Å². The van der Waals surface area contributed by atoms with Crippen molar-refractivity contribution in [1.29, 1.82) is 0 Å². The van der Waals surface area contributed by atoms with Gasteiger partial charge in [-0.1, -0.05) is 54.5 Å². The molecule has 0 amide bonds. The zero-order valence-corrected chi connectivity index (χ0v) is 14.9. The molecule has 0 atom stereocenters.